The number of carbonyl (C=O) groups excluding carboxylic acids is 3. The van der Waals surface area contributed by atoms with E-state index >= 15 is 0 Å². The summed E-state index contributed by atoms with van der Waals surface area (Å²) in [6.45, 7) is 6.69. The lowest BCUT2D eigenvalue weighted by atomic mass is 10.0. The second-order valence-electron chi connectivity index (χ2n) is 21.0. The van der Waals surface area contributed by atoms with Crippen LogP contribution in [0.5, 0.6) is 0 Å². The van der Waals surface area contributed by atoms with Crippen LogP contribution in [0, 0.1) is 0 Å². The lowest BCUT2D eigenvalue weighted by Crippen LogP contribution is -2.30. The first-order chi connectivity index (χ1) is 33.5. The summed E-state index contributed by atoms with van der Waals surface area (Å²) in [5.74, 6) is -0.848. The molecule has 0 aromatic heterocycles. The Morgan fingerprint density at radius 2 is 0.485 bits per heavy atom. The number of carbonyl (C=O) groups is 3. The number of hydrogen-bond donors (Lipinski definition) is 0. The zero-order valence-corrected chi connectivity index (χ0v) is 46.2. The molecule has 6 heteroatoms. The third kappa shape index (κ3) is 55.1. The Morgan fingerprint density at radius 1 is 0.279 bits per heavy atom. The number of rotatable bonds is 57. The summed E-state index contributed by atoms with van der Waals surface area (Å²) >= 11 is 0. The normalized spacial score (nSPS) is 12.0. The van der Waals surface area contributed by atoms with Crippen molar-refractivity contribution < 1.29 is 28.6 Å². The van der Waals surface area contributed by atoms with Gasteiger partial charge in [0.25, 0.3) is 0 Å². The fourth-order valence-electron chi connectivity index (χ4n) is 9.38. The van der Waals surface area contributed by atoms with Gasteiger partial charge in [0, 0.05) is 19.3 Å². The molecule has 6 nitrogen and oxygen atoms in total. The predicted molar refractivity (Wildman–Crippen MR) is 293 cm³/mol. The molecule has 0 saturated carbocycles. The van der Waals surface area contributed by atoms with Crippen molar-refractivity contribution in [2.24, 2.45) is 0 Å². The molecule has 1 unspecified atom stereocenters. The van der Waals surface area contributed by atoms with Crippen molar-refractivity contribution in [2.45, 2.75) is 354 Å². The van der Waals surface area contributed by atoms with E-state index in [1.54, 1.807) is 0 Å². The highest BCUT2D eigenvalue weighted by Crippen LogP contribution is 2.18. The summed E-state index contributed by atoms with van der Waals surface area (Å²) in [5.41, 5.74) is 0. The molecule has 0 radical (unpaired) electrons. The molecule has 0 aromatic rings. The minimum Gasteiger partial charge on any atom is -0.462 e. The van der Waals surface area contributed by atoms with Crippen LogP contribution in [0.4, 0.5) is 0 Å². The zero-order valence-electron chi connectivity index (χ0n) is 46.2. The maximum absolute atomic E-state index is 12.9. The van der Waals surface area contributed by atoms with Gasteiger partial charge in [-0.25, -0.2) is 0 Å². The van der Waals surface area contributed by atoms with E-state index in [9.17, 15) is 14.4 Å². The fourth-order valence-corrected chi connectivity index (χ4v) is 9.38. The van der Waals surface area contributed by atoms with Gasteiger partial charge in [-0.05, 0) is 44.9 Å². The maximum atomic E-state index is 12.9. The molecule has 0 fully saturated rings. The highest BCUT2D eigenvalue weighted by atomic mass is 16.6. The lowest BCUT2D eigenvalue weighted by Gasteiger charge is -2.18. The number of ether oxygens (including phenoxy) is 3. The summed E-state index contributed by atoms with van der Waals surface area (Å²) in [7, 11) is 0. The van der Waals surface area contributed by atoms with Gasteiger partial charge in [-0.2, -0.15) is 0 Å². The first-order valence-corrected chi connectivity index (χ1v) is 30.7. The second-order valence-corrected chi connectivity index (χ2v) is 21.0. The Labute approximate surface area is 424 Å². The molecule has 0 aliphatic heterocycles. The summed E-state index contributed by atoms with van der Waals surface area (Å²) in [6.07, 6.45) is 66.4. The van der Waals surface area contributed by atoms with E-state index in [0.29, 0.717) is 19.3 Å². The van der Waals surface area contributed by atoms with Crippen LogP contribution in [0.25, 0.3) is 0 Å². The number of hydrogen-bond acceptors (Lipinski definition) is 6. The molecular weight excluding hydrogens is 841 g/mol. The van der Waals surface area contributed by atoms with Crippen LogP contribution in [0.2, 0.25) is 0 Å². The van der Waals surface area contributed by atoms with Crippen LogP contribution in [-0.4, -0.2) is 37.2 Å². The fraction of sp³-hybridized carbons (Fsp3) is 0.919. The maximum Gasteiger partial charge on any atom is 0.306 e. The first-order valence-electron chi connectivity index (χ1n) is 30.7. The Bertz CT molecular complexity index is 1060. The minimum absolute atomic E-state index is 0.0671. The van der Waals surface area contributed by atoms with Gasteiger partial charge in [0.1, 0.15) is 13.2 Å². The topological polar surface area (TPSA) is 78.9 Å². The summed E-state index contributed by atoms with van der Waals surface area (Å²) in [5, 5.41) is 0. The average Bonchev–Trinajstić information content (AvgIpc) is 3.34. The first kappa shape index (κ1) is 66.2. The highest BCUT2D eigenvalue weighted by molar-refractivity contribution is 5.71. The van der Waals surface area contributed by atoms with Crippen LogP contribution in [-0.2, 0) is 28.6 Å². The molecule has 0 amide bonds. The van der Waals surface area contributed by atoms with Crippen LogP contribution in [0.3, 0.4) is 0 Å². The molecule has 0 aliphatic rings. The quantitative estimate of drug-likeness (QED) is 0.0262. The van der Waals surface area contributed by atoms with Crippen molar-refractivity contribution in [1.29, 1.82) is 0 Å². The Kier molecular flexibility index (Phi) is 56.2. The largest absolute Gasteiger partial charge is 0.462 e. The van der Waals surface area contributed by atoms with Gasteiger partial charge in [-0.3, -0.25) is 14.4 Å². The molecule has 0 aliphatic carbocycles. The van der Waals surface area contributed by atoms with E-state index in [1.807, 2.05) is 0 Å². The predicted octanol–water partition coefficient (Wildman–Crippen LogP) is 20.5. The average molecular weight is 960 g/mol. The van der Waals surface area contributed by atoms with E-state index in [2.05, 4.69) is 32.9 Å². The van der Waals surface area contributed by atoms with Crippen molar-refractivity contribution >= 4 is 17.9 Å². The van der Waals surface area contributed by atoms with Gasteiger partial charge >= 0.3 is 17.9 Å². The van der Waals surface area contributed by atoms with Crippen molar-refractivity contribution in [3.05, 3.63) is 12.2 Å². The second kappa shape index (κ2) is 57.7. The van der Waals surface area contributed by atoms with Gasteiger partial charge in [0.05, 0.1) is 0 Å². The van der Waals surface area contributed by atoms with Gasteiger partial charge in [0.2, 0.25) is 0 Å². The molecule has 0 aromatic carbocycles. The van der Waals surface area contributed by atoms with Crippen LogP contribution >= 0.6 is 0 Å². The number of esters is 3. The van der Waals surface area contributed by atoms with Crippen LogP contribution in [0.1, 0.15) is 348 Å². The van der Waals surface area contributed by atoms with E-state index in [0.717, 1.165) is 64.2 Å². The smallest absolute Gasteiger partial charge is 0.306 e. The van der Waals surface area contributed by atoms with Crippen molar-refractivity contribution in [3.8, 4) is 0 Å². The molecule has 0 saturated heterocycles. The van der Waals surface area contributed by atoms with Crippen LogP contribution < -0.4 is 0 Å². The Balaban J connectivity index is 4.27. The molecular formula is C62H118O6. The summed E-state index contributed by atoms with van der Waals surface area (Å²) in [4.78, 5) is 38.2. The third-order valence-corrected chi connectivity index (χ3v) is 14.0. The lowest BCUT2D eigenvalue weighted by molar-refractivity contribution is -0.167. The van der Waals surface area contributed by atoms with Crippen LogP contribution in [0.15, 0.2) is 12.2 Å². The van der Waals surface area contributed by atoms with E-state index in [1.165, 1.54) is 244 Å². The molecule has 1 atom stereocenters. The van der Waals surface area contributed by atoms with Gasteiger partial charge < -0.3 is 14.2 Å². The molecule has 68 heavy (non-hydrogen) atoms. The van der Waals surface area contributed by atoms with Gasteiger partial charge in [-0.15, -0.1) is 0 Å². The standard InChI is InChI=1S/C62H118O6/c1-4-7-10-13-16-19-22-25-28-29-30-31-32-33-35-37-40-43-46-49-52-55-61(64)67-58-59(57-66-60(63)54-51-48-45-42-39-36-27-24-21-18-15-12-9-6-3)68-62(65)56-53-50-47-44-41-38-34-26-23-20-17-14-11-8-5-2/h26,34,59H,4-25,27-33,35-58H2,1-3H3/b34-26-. The van der Waals surface area contributed by atoms with Crippen molar-refractivity contribution in [2.75, 3.05) is 13.2 Å². The number of unbranched alkanes of at least 4 members (excludes halogenated alkanes) is 44. The third-order valence-electron chi connectivity index (χ3n) is 14.0. The molecule has 402 valence electrons. The minimum atomic E-state index is -0.769. The molecule has 0 spiro atoms. The molecule has 0 bridgehead atoms. The van der Waals surface area contributed by atoms with Crippen molar-refractivity contribution in [3.63, 3.8) is 0 Å². The van der Waals surface area contributed by atoms with Gasteiger partial charge in [0.15, 0.2) is 6.10 Å². The Morgan fingerprint density at radius 3 is 0.735 bits per heavy atom. The Hall–Kier alpha value is -1.85. The molecule has 0 N–H and O–H groups in total. The SMILES string of the molecule is CCCCCCCC/C=C\CCCCCCCC(=O)OC(COC(=O)CCCCCCCCCCCCCCCC)COC(=O)CCCCCCCCCCCCCCCCCCCCCCC. The monoisotopic (exact) mass is 959 g/mol. The summed E-state index contributed by atoms with van der Waals surface area (Å²) in [6, 6.07) is 0. The van der Waals surface area contributed by atoms with E-state index in [4.69, 9.17) is 14.2 Å². The summed E-state index contributed by atoms with van der Waals surface area (Å²) < 4.78 is 16.9. The molecule has 0 heterocycles. The van der Waals surface area contributed by atoms with E-state index in [-0.39, 0.29) is 31.1 Å². The van der Waals surface area contributed by atoms with Crippen molar-refractivity contribution in [1.82, 2.24) is 0 Å². The van der Waals surface area contributed by atoms with Gasteiger partial charge in [-0.1, -0.05) is 296 Å². The highest BCUT2D eigenvalue weighted by Gasteiger charge is 2.19. The van der Waals surface area contributed by atoms with E-state index < -0.39 is 6.10 Å². The zero-order chi connectivity index (χ0) is 49.3. The number of allylic oxidation sites excluding steroid dienone is 2. The molecule has 0 rings (SSSR count).